The Bertz CT molecular complexity index is 1250. The number of carbonyl (C=O) groups excluding carboxylic acids is 2. The van der Waals surface area contributed by atoms with Gasteiger partial charge in [0.25, 0.3) is 0 Å². The van der Waals surface area contributed by atoms with Gasteiger partial charge in [-0.05, 0) is 48.2 Å². The van der Waals surface area contributed by atoms with Crippen molar-refractivity contribution in [1.82, 2.24) is 5.32 Å². The van der Waals surface area contributed by atoms with Crippen molar-refractivity contribution in [2.75, 3.05) is 17.6 Å². The normalized spacial score (nSPS) is 20.4. The molecule has 218 valence electrons. The van der Waals surface area contributed by atoms with Crippen LogP contribution in [0.5, 0.6) is 0 Å². The number of amides is 2. The molecule has 4 rings (SSSR count). The molecule has 1 fully saturated rings. The van der Waals surface area contributed by atoms with E-state index in [1.807, 2.05) is 66.7 Å². The molecule has 0 unspecified atom stereocenters. The van der Waals surface area contributed by atoms with Gasteiger partial charge in [0, 0.05) is 47.7 Å². The number of benzene rings is 3. The lowest BCUT2D eigenvalue weighted by Crippen LogP contribution is -2.38. The van der Waals surface area contributed by atoms with Crippen molar-refractivity contribution in [2.24, 2.45) is 5.92 Å². The van der Waals surface area contributed by atoms with Crippen LogP contribution in [0, 0.1) is 5.92 Å². The number of thioether (sulfide) groups is 1. The molecular formula is C33H40N2O5S. The maximum atomic E-state index is 12.6. The van der Waals surface area contributed by atoms with Gasteiger partial charge in [-0.1, -0.05) is 67.9 Å². The molecule has 0 saturated carbocycles. The molecule has 0 bridgehead atoms. The van der Waals surface area contributed by atoms with Crippen LogP contribution in [0.4, 0.5) is 5.69 Å². The average Bonchev–Trinajstić information content (AvgIpc) is 2.99. The number of ether oxygens (including phenoxy) is 2. The lowest BCUT2D eigenvalue weighted by molar-refractivity contribution is -0.268. The van der Waals surface area contributed by atoms with E-state index in [-0.39, 0.29) is 36.5 Å². The summed E-state index contributed by atoms with van der Waals surface area (Å²) in [5, 5.41) is 15.3. The molecule has 2 amide bonds. The van der Waals surface area contributed by atoms with Crippen LogP contribution in [-0.2, 0) is 25.7 Å². The minimum absolute atomic E-state index is 0.000972. The first-order valence-electron chi connectivity index (χ1n) is 14.3. The molecule has 3 aromatic carbocycles. The van der Waals surface area contributed by atoms with E-state index in [4.69, 9.17) is 9.47 Å². The molecule has 8 heteroatoms. The Morgan fingerprint density at radius 2 is 1.68 bits per heavy atom. The van der Waals surface area contributed by atoms with Crippen LogP contribution in [0.2, 0.25) is 0 Å². The number of rotatable bonds is 13. The largest absolute Gasteiger partial charge is 0.392 e. The highest BCUT2D eigenvalue weighted by Gasteiger charge is 2.38. The van der Waals surface area contributed by atoms with E-state index in [9.17, 15) is 14.7 Å². The van der Waals surface area contributed by atoms with Crippen LogP contribution in [0.15, 0.2) is 83.8 Å². The van der Waals surface area contributed by atoms with Gasteiger partial charge in [0.1, 0.15) is 0 Å². The quantitative estimate of drug-likeness (QED) is 0.161. The molecule has 1 heterocycles. The first-order valence-corrected chi connectivity index (χ1v) is 15.2. The van der Waals surface area contributed by atoms with E-state index < -0.39 is 6.29 Å². The second kappa shape index (κ2) is 15.7. The Morgan fingerprint density at radius 3 is 2.41 bits per heavy atom. The Morgan fingerprint density at radius 1 is 0.902 bits per heavy atom. The van der Waals surface area contributed by atoms with Gasteiger partial charge in [-0.3, -0.25) is 9.59 Å². The highest BCUT2D eigenvalue weighted by Crippen LogP contribution is 2.43. The Balaban J connectivity index is 1.43. The zero-order chi connectivity index (χ0) is 29.0. The number of carbonyl (C=O) groups is 2. The summed E-state index contributed by atoms with van der Waals surface area (Å²) in [4.78, 5) is 24.7. The maximum Gasteiger partial charge on any atom is 0.224 e. The van der Waals surface area contributed by atoms with E-state index in [0.29, 0.717) is 18.7 Å². The molecule has 3 N–H and O–H groups in total. The van der Waals surface area contributed by atoms with Crippen molar-refractivity contribution in [2.45, 2.75) is 69.5 Å². The van der Waals surface area contributed by atoms with Crippen molar-refractivity contribution in [3.63, 3.8) is 0 Å². The third-order valence-corrected chi connectivity index (χ3v) is 8.28. The first-order chi connectivity index (χ1) is 19.9. The number of nitrogens with one attached hydrogen (secondary N) is 2. The first kappa shape index (κ1) is 30.8. The Hall–Kier alpha value is -3.17. The summed E-state index contributed by atoms with van der Waals surface area (Å²) in [6.45, 7) is 4.30. The topological polar surface area (TPSA) is 96.9 Å². The Kier molecular flexibility index (Phi) is 11.8. The van der Waals surface area contributed by atoms with Crippen molar-refractivity contribution < 1.29 is 24.2 Å². The van der Waals surface area contributed by atoms with Crippen LogP contribution >= 0.6 is 11.8 Å². The van der Waals surface area contributed by atoms with Crippen LogP contribution in [0.3, 0.4) is 0 Å². The standard InChI is InChI=1S/C33H40N2O5S/c1-23-30(22-41-29-12-5-3-6-13-29)39-33(40-32(23)26-17-15-25(21-36)16-18-26)27-10-9-11-28(20-27)35-31(38)14-7-4-8-19-34-24(2)37/h3,5-6,9-13,15-18,20,23,30,32-33,36H,4,7-8,14,19,21-22H2,1-2H3,(H,34,37)(H,35,38)/t23-,30+,32+,33+/m0/s1. The zero-order valence-corrected chi connectivity index (χ0v) is 24.6. The predicted molar refractivity (Wildman–Crippen MR) is 162 cm³/mol. The van der Waals surface area contributed by atoms with Crippen molar-refractivity contribution in [3.05, 3.63) is 95.6 Å². The third-order valence-electron chi connectivity index (χ3n) is 7.18. The fraction of sp³-hybridized carbons (Fsp3) is 0.394. The number of aliphatic hydroxyl groups excluding tert-OH is 1. The summed E-state index contributed by atoms with van der Waals surface area (Å²) in [5.41, 5.74) is 3.45. The molecule has 7 nitrogen and oxygen atoms in total. The molecule has 1 aliphatic heterocycles. The van der Waals surface area contributed by atoms with Gasteiger partial charge in [-0.15, -0.1) is 11.8 Å². The highest BCUT2D eigenvalue weighted by molar-refractivity contribution is 7.99. The number of hydrogen-bond donors (Lipinski definition) is 3. The zero-order valence-electron chi connectivity index (χ0n) is 23.8. The molecular weight excluding hydrogens is 536 g/mol. The maximum absolute atomic E-state index is 12.6. The van der Waals surface area contributed by atoms with Gasteiger partial charge in [0.05, 0.1) is 18.8 Å². The fourth-order valence-electron chi connectivity index (χ4n) is 4.84. The summed E-state index contributed by atoms with van der Waals surface area (Å²) < 4.78 is 13.1. The van der Waals surface area contributed by atoms with Gasteiger partial charge < -0.3 is 25.2 Å². The van der Waals surface area contributed by atoms with Gasteiger partial charge in [0.15, 0.2) is 6.29 Å². The van der Waals surface area contributed by atoms with E-state index in [0.717, 1.165) is 41.7 Å². The van der Waals surface area contributed by atoms with E-state index in [1.165, 1.54) is 11.8 Å². The van der Waals surface area contributed by atoms with Gasteiger partial charge in [-0.2, -0.15) is 0 Å². The van der Waals surface area contributed by atoms with E-state index in [1.54, 1.807) is 11.8 Å². The summed E-state index contributed by atoms with van der Waals surface area (Å²) in [5.74, 6) is 0.792. The summed E-state index contributed by atoms with van der Waals surface area (Å²) in [6, 6.07) is 25.9. The predicted octanol–water partition coefficient (Wildman–Crippen LogP) is 6.40. The second-order valence-corrected chi connectivity index (χ2v) is 11.5. The van der Waals surface area contributed by atoms with E-state index >= 15 is 0 Å². The summed E-state index contributed by atoms with van der Waals surface area (Å²) >= 11 is 1.77. The van der Waals surface area contributed by atoms with E-state index in [2.05, 4.69) is 29.7 Å². The smallest absolute Gasteiger partial charge is 0.224 e. The average molecular weight is 577 g/mol. The van der Waals surface area contributed by atoms with Crippen LogP contribution in [-0.4, -0.2) is 35.3 Å². The number of aliphatic hydroxyl groups is 1. The lowest BCUT2D eigenvalue weighted by atomic mass is 9.91. The monoisotopic (exact) mass is 576 g/mol. The second-order valence-electron chi connectivity index (χ2n) is 10.4. The molecule has 1 saturated heterocycles. The van der Waals surface area contributed by atoms with Gasteiger partial charge in [-0.25, -0.2) is 0 Å². The molecule has 0 aliphatic carbocycles. The Labute approximate surface area is 247 Å². The molecule has 41 heavy (non-hydrogen) atoms. The van der Waals surface area contributed by atoms with Crippen molar-refractivity contribution in [1.29, 1.82) is 0 Å². The lowest BCUT2D eigenvalue weighted by Gasteiger charge is -2.41. The van der Waals surface area contributed by atoms with Crippen molar-refractivity contribution >= 4 is 29.3 Å². The summed E-state index contributed by atoms with van der Waals surface area (Å²) in [6.07, 6.45) is 2.04. The minimum atomic E-state index is -0.597. The molecule has 0 radical (unpaired) electrons. The fourth-order valence-corrected chi connectivity index (χ4v) is 5.93. The number of anilines is 1. The van der Waals surface area contributed by atoms with Gasteiger partial charge in [0.2, 0.25) is 11.8 Å². The molecule has 0 spiro atoms. The van der Waals surface area contributed by atoms with Crippen LogP contribution in [0.25, 0.3) is 0 Å². The minimum Gasteiger partial charge on any atom is -0.392 e. The number of unbranched alkanes of at least 4 members (excludes halogenated alkanes) is 2. The van der Waals surface area contributed by atoms with Gasteiger partial charge >= 0.3 is 0 Å². The SMILES string of the molecule is CC(=O)NCCCCCC(=O)Nc1cccc([C@@H]2O[C@H](CSc3ccccc3)[C@H](C)[C@H](c3ccc(CO)cc3)O2)c1. The van der Waals surface area contributed by atoms with Crippen molar-refractivity contribution in [3.8, 4) is 0 Å². The molecule has 0 aromatic heterocycles. The molecule has 3 aromatic rings. The highest BCUT2D eigenvalue weighted by atomic mass is 32.2. The van der Waals surface area contributed by atoms with Crippen LogP contribution < -0.4 is 10.6 Å². The molecule has 1 aliphatic rings. The van der Waals surface area contributed by atoms with Crippen LogP contribution in [0.1, 0.15) is 68.6 Å². The third kappa shape index (κ3) is 9.43. The molecule has 4 atom stereocenters. The number of hydrogen-bond acceptors (Lipinski definition) is 6. The summed E-state index contributed by atoms with van der Waals surface area (Å²) in [7, 11) is 0.